The molecule has 1 fully saturated rings. The van der Waals surface area contributed by atoms with Gasteiger partial charge in [-0.15, -0.1) is 0 Å². The van der Waals surface area contributed by atoms with Crippen molar-refractivity contribution in [2.75, 3.05) is 20.0 Å². The Balaban J connectivity index is 2.47. The minimum Gasteiger partial charge on any atom is -0.469 e. The summed E-state index contributed by atoms with van der Waals surface area (Å²) in [5.41, 5.74) is 0. The first-order valence-corrected chi connectivity index (χ1v) is 3.86. The minimum absolute atomic E-state index is 0.127. The van der Waals surface area contributed by atoms with Crippen LogP contribution < -0.4 is 0 Å². The van der Waals surface area contributed by atoms with Crippen molar-refractivity contribution in [3.8, 4) is 0 Å². The molecule has 0 bridgehead atoms. The van der Waals surface area contributed by atoms with Crippen LogP contribution in [0.1, 0.15) is 6.92 Å². The highest BCUT2D eigenvalue weighted by molar-refractivity contribution is 6.38. The van der Waals surface area contributed by atoms with Gasteiger partial charge in [0.2, 0.25) is 0 Å². The van der Waals surface area contributed by atoms with Gasteiger partial charge < -0.3 is 14.2 Å². The number of hydrogen-bond acceptors (Lipinski definition) is 5. The fourth-order valence-electron chi connectivity index (χ4n) is 0.792. The predicted molar refractivity (Wildman–Crippen MR) is 41.6 cm³/mol. The van der Waals surface area contributed by atoms with Crippen molar-refractivity contribution < 1.29 is 23.8 Å². The maximum atomic E-state index is 11.0. The van der Waals surface area contributed by atoms with Crippen molar-refractivity contribution in [3.63, 3.8) is 0 Å². The van der Waals surface area contributed by atoms with Crippen molar-refractivity contribution >= 4 is 11.8 Å². The first kappa shape index (κ1) is 9.73. The summed E-state index contributed by atoms with van der Waals surface area (Å²) in [5.74, 6) is -1.23. The second-order valence-corrected chi connectivity index (χ2v) is 2.31. The van der Waals surface area contributed by atoms with Gasteiger partial charge in [0.15, 0.2) is 6.79 Å². The van der Waals surface area contributed by atoms with Gasteiger partial charge in [0.1, 0.15) is 12.4 Å². The van der Waals surface area contributed by atoms with Crippen LogP contribution in [0, 0.1) is 0 Å². The Labute approximate surface area is 75.3 Å². The van der Waals surface area contributed by atoms with E-state index in [1.165, 1.54) is 0 Å². The highest BCUT2D eigenvalue weighted by atomic mass is 16.7. The van der Waals surface area contributed by atoms with Crippen molar-refractivity contribution in [2.24, 2.45) is 0 Å². The first-order chi connectivity index (χ1) is 6.24. The van der Waals surface area contributed by atoms with E-state index in [1.807, 2.05) is 0 Å². The Hall–Kier alpha value is -1.36. The van der Waals surface area contributed by atoms with Gasteiger partial charge in [-0.1, -0.05) is 0 Å². The molecule has 0 saturated carbocycles. The molecular formula is C8H10O5. The molecule has 0 radical (unpaired) electrons. The number of carbonyl (C=O) groups excluding carboxylic acids is 2. The summed E-state index contributed by atoms with van der Waals surface area (Å²) in [6.45, 7) is 2.17. The second-order valence-electron chi connectivity index (χ2n) is 2.31. The molecule has 1 aliphatic heterocycles. The third kappa shape index (κ3) is 2.87. The lowest BCUT2D eigenvalue weighted by Crippen LogP contribution is -2.15. The quantitative estimate of drug-likeness (QED) is 0.353. The van der Waals surface area contributed by atoms with Gasteiger partial charge >= 0.3 is 5.97 Å². The highest BCUT2D eigenvalue weighted by Gasteiger charge is 2.16. The second kappa shape index (κ2) is 4.61. The van der Waals surface area contributed by atoms with Crippen LogP contribution in [0.25, 0.3) is 0 Å². The first-order valence-electron chi connectivity index (χ1n) is 3.86. The fourth-order valence-corrected chi connectivity index (χ4v) is 0.792. The number of ketones is 1. The summed E-state index contributed by atoms with van der Waals surface area (Å²) in [7, 11) is 0. The van der Waals surface area contributed by atoms with E-state index in [4.69, 9.17) is 9.47 Å². The van der Waals surface area contributed by atoms with Gasteiger partial charge in [-0.25, -0.2) is 4.79 Å². The smallest absolute Gasteiger partial charge is 0.379 e. The molecule has 5 heteroatoms. The molecule has 0 atom stereocenters. The molecule has 0 aromatic carbocycles. The largest absolute Gasteiger partial charge is 0.469 e. The SMILES string of the molecule is CCOC(=O)C(=O)/C=C1\COCO1. The monoisotopic (exact) mass is 186 g/mol. The molecule has 0 aromatic heterocycles. The molecule has 1 aliphatic rings. The normalized spacial score (nSPS) is 18.4. The van der Waals surface area contributed by atoms with Gasteiger partial charge in [-0.2, -0.15) is 0 Å². The topological polar surface area (TPSA) is 61.8 Å². The van der Waals surface area contributed by atoms with Gasteiger partial charge in [-0.05, 0) is 6.92 Å². The van der Waals surface area contributed by atoms with E-state index in [2.05, 4.69) is 4.74 Å². The Morgan fingerprint density at radius 2 is 2.38 bits per heavy atom. The molecule has 0 aromatic rings. The van der Waals surface area contributed by atoms with E-state index < -0.39 is 11.8 Å². The Morgan fingerprint density at radius 1 is 1.62 bits per heavy atom. The third-order valence-corrected chi connectivity index (χ3v) is 1.34. The van der Waals surface area contributed by atoms with E-state index in [-0.39, 0.29) is 20.0 Å². The van der Waals surface area contributed by atoms with Crippen molar-refractivity contribution in [3.05, 3.63) is 11.8 Å². The molecule has 72 valence electrons. The van der Waals surface area contributed by atoms with E-state index in [0.717, 1.165) is 6.08 Å². The number of hydrogen-bond donors (Lipinski definition) is 0. The average molecular weight is 186 g/mol. The van der Waals surface area contributed by atoms with Crippen LogP contribution in [-0.2, 0) is 23.8 Å². The standard InChI is InChI=1S/C8H10O5/c1-2-12-8(10)7(9)3-6-4-11-5-13-6/h3H,2,4-5H2,1H3/b6-3+. The molecule has 13 heavy (non-hydrogen) atoms. The fraction of sp³-hybridized carbons (Fsp3) is 0.500. The van der Waals surface area contributed by atoms with E-state index in [9.17, 15) is 9.59 Å². The summed E-state index contributed by atoms with van der Waals surface area (Å²) in [5, 5.41) is 0. The van der Waals surface area contributed by atoms with Crippen LogP contribution in [0.4, 0.5) is 0 Å². The Bertz CT molecular complexity index is 235. The van der Waals surface area contributed by atoms with E-state index in [1.54, 1.807) is 6.92 Å². The van der Waals surface area contributed by atoms with E-state index >= 15 is 0 Å². The molecular weight excluding hydrogens is 176 g/mol. The summed E-state index contributed by atoms with van der Waals surface area (Å²) >= 11 is 0. The van der Waals surface area contributed by atoms with Crippen LogP contribution in [-0.4, -0.2) is 31.8 Å². The average Bonchev–Trinajstić information content (AvgIpc) is 2.57. The molecule has 1 heterocycles. The molecule has 1 rings (SSSR count). The van der Waals surface area contributed by atoms with Crippen molar-refractivity contribution in [1.82, 2.24) is 0 Å². The number of esters is 1. The highest BCUT2D eigenvalue weighted by Crippen LogP contribution is 2.06. The molecule has 0 amide bonds. The number of carbonyl (C=O) groups is 2. The zero-order valence-corrected chi connectivity index (χ0v) is 7.24. The molecule has 1 saturated heterocycles. The van der Waals surface area contributed by atoms with Crippen molar-refractivity contribution in [2.45, 2.75) is 6.92 Å². The van der Waals surface area contributed by atoms with Crippen LogP contribution in [0.15, 0.2) is 11.8 Å². The summed E-state index contributed by atoms with van der Waals surface area (Å²) in [6.07, 6.45) is 1.09. The van der Waals surface area contributed by atoms with Crippen LogP contribution in [0.2, 0.25) is 0 Å². The number of rotatable bonds is 3. The maximum Gasteiger partial charge on any atom is 0.379 e. The van der Waals surface area contributed by atoms with Crippen LogP contribution in [0.5, 0.6) is 0 Å². The van der Waals surface area contributed by atoms with Gasteiger partial charge in [-0.3, -0.25) is 4.79 Å². The molecule has 5 nitrogen and oxygen atoms in total. The van der Waals surface area contributed by atoms with Gasteiger partial charge in [0.05, 0.1) is 6.61 Å². The van der Waals surface area contributed by atoms with Crippen molar-refractivity contribution in [1.29, 1.82) is 0 Å². The predicted octanol–water partition coefficient (Wildman–Crippen LogP) is 0.00680. The number of ether oxygens (including phenoxy) is 3. The molecule has 0 aliphatic carbocycles. The van der Waals surface area contributed by atoms with Crippen LogP contribution in [0.3, 0.4) is 0 Å². The van der Waals surface area contributed by atoms with Gasteiger partial charge in [0, 0.05) is 6.08 Å². The zero-order valence-electron chi connectivity index (χ0n) is 7.24. The summed E-state index contributed by atoms with van der Waals surface area (Å²) in [6, 6.07) is 0. The molecule has 0 N–H and O–H groups in total. The summed E-state index contributed by atoms with van der Waals surface area (Å²) in [4.78, 5) is 21.8. The minimum atomic E-state index is -0.870. The van der Waals surface area contributed by atoms with Gasteiger partial charge in [0.25, 0.3) is 5.78 Å². The Morgan fingerprint density at radius 3 is 2.92 bits per heavy atom. The zero-order chi connectivity index (χ0) is 9.68. The lowest BCUT2D eigenvalue weighted by Gasteiger charge is -1.97. The Kier molecular flexibility index (Phi) is 3.45. The lowest BCUT2D eigenvalue weighted by molar-refractivity contribution is -0.151. The third-order valence-electron chi connectivity index (χ3n) is 1.34. The van der Waals surface area contributed by atoms with Crippen LogP contribution >= 0.6 is 0 Å². The van der Waals surface area contributed by atoms with E-state index in [0.29, 0.717) is 5.76 Å². The molecule has 0 spiro atoms. The lowest BCUT2D eigenvalue weighted by atomic mass is 10.3. The maximum absolute atomic E-state index is 11.0. The molecule has 0 unspecified atom stereocenters. The summed E-state index contributed by atoms with van der Waals surface area (Å²) < 4.78 is 14.1.